The van der Waals surface area contributed by atoms with E-state index in [2.05, 4.69) is 10.6 Å². The minimum absolute atomic E-state index is 0.209. The molecule has 4 N–H and O–H groups in total. The zero-order valence-electron chi connectivity index (χ0n) is 14.3. The molecule has 130 valence electrons. The number of nitrogens with one attached hydrogen (secondary N) is 2. The predicted octanol–water partition coefficient (Wildman–Crippen LogP) is 2.58. The van der Waals surface area contributed by atoms with Gasteiger partial charge in [0.2, 0.25) is 5.91 Å². The van der Waals surface area contributed by atoms with E-state index in [-0.39, 0.29) is 11.8 Å². The third-order valence-corrected chi connectivity index (χ3v) is 3.30. The van der Waals surface area contributed by atoms with Crippen LogP contribution in [-0.2, 0) is 4.79 Å². The van der Waals surface area contributed by atoms with Crippen molar-refractivity contribution in [3.63, 3.8) is 0 Å². The Bertz CT molecular complexity index is 767. The number of benzene rings is 2. The van der Waals surface area contributed by atoms with E-state index < -0.39 is 0 Å². The maximum absolute atomic E-state index is 12.2. The normalized spacial score (nSPS) is 10.8. The SMILES string of the molecule is CN(C)C/C=C/C(=O)Nc1ccc(C(=O)Nc2cccc(N)c2)cc1. The van der Waals surface area contributed by atoms with Crippen molar-refractivity contribution < 1.29 is 9.59 Å². The Morgan fingerprint density at radius 2 is 1.76 bits per heavy atom. The highest BCUT2D eigenvalue weighted by molar-refractivity contribution is 6.05. The van der Waals surface area contributed by atoms with E-state index in [1.54, 1.807) is 54.6 Å². The molecule has 2 rings (SSSR count). The van der Waals surface area contributed by atoms with Gasteiger partial charge >= 0.3 is 0 Å². The molecule has 6 nitrogen and oxygen atoms in total. The molecule has 2 amide bonds. The third-order valence-electron chi connectivity index (χ3n) is 3.30. The van der Waals surface area contributed by atoms with Crippen molar-refractivity contribution in [3.8, 4) is 0 Å². The number of rotatable bonds is 6. The van der Waals surface area contributed by atoms with Crippen LogP contribution in [0.3, 0.4) is 0 Å². The molecule has 0 unspecified atom stereocenters. The van der Waals surface area contributed by atoms with Crippen LogP contribution in [0, 0.1) is 0 Å². The molecule has 0 aromatic heterocycles. The lowest BCUT2D eigenvalue weighted by molar-refractivity contribution is -0.111. The summed E-state index contributed by atoms with van der Waals surface area (Å²) in [6.45, 7) is 0.691. The maximum atomic E-state index is 12.2. The number of hydrogen-bond acceptors (Lipinski definition) is 4. The van der Waals surface area contributed by atoms with E-state index in [1.165, 1.54) is 6.08 Å². The van der Waals surface area contributed by atoms with Gasteiger partial charge in [0.15, 0.2) is 0 Å². The first kappa shape index (κ1) is 18.2. The average molecular weight is 338 g/mol. The third kappa shape index (κ3) is 6.12. The minimum Gasteiger partial charge on any atom is -0.399 e. The molecule has 0 saturated carbocycles. The first-order chi connectivity index (χ1) is 11.9. The predicted molar refractivity (Wildman–Crippen MR) is 102 cm³/mol. The summed E-state index contributed by atoms with van der Waals surface area (Å²) in [7, 11) is 3.85. The molecule has 0 aliphatic carbocycles. The first-order valence-corrected chi connectivity index (χ1v) is 7.83. The number of carbonyl (C=O) groups is 2. The molecule has 25 heavy (non-hydrogen) atoms. The van der Waals surface area contributed by atoms with Gasteiger partial charge in [-0.3, -0.25) is 9.59 Å². The van der Waals surface area contributed by atoms with Crippen LogP contribution in [-0.4, -0.2) is 37.4 Å². The second-order valence-corrected chi connectivity index (χ2v) is 5.81. The summed E-state index contributed by atoms with van der Waals surface area (Å²) >= 11 is 0. The van der Waals surface area contributed by atoms with Crippen molar-refractivity contribution in [3.05, 3.63) is 66.2 Å². The monoisotopic (exact) mass is 338 g/mol. The number of carbonyl (C=O) groups excluding carboxylic acids is 2. The zero-order valence-corrected chi connectivity index (χ0v) is 14.3. The van der Waals surface area contributed by atoms with Crippen molar-refractivity contribution in [2.24, 2.45) is 0 Å². The van der Waals surface area contributed by atoms with Crippen LogP contribution in [0.5, 0.6) is 0 Å². The van der Waals surface area contributed by atoms with Crippen LogP contribution in [0.2, 0.25) is 0 Å². The van der Waals surface area contributed by atoms with Crippen LogP contribution in [0.4, 0.5) is 17.1 Å². The molecule has 0 atom stereocenters. The minimum atomic E-state index is -0.241. The number of hydrogen-bond donors (Lipinski definition) is 3. The van der Waals surface area contributed by atoms with E-state index >= 15 is 0 Å². The molecule has 0 aliphatic rings. The van der Waals surface area contributed by atoms with Crippen molar-refractivity contribution in [1.82, 2.24) is 4.90 Å². The molecule has 0 heterocycles. The highest BCUT2D eigenvalue weighted by Crippen LogP contribution is 2.15. The van der Waals surface area contributed by atoms with Crippen molar-refractivity contribution in [2.75, 3.05) is 37.0 Å². The van der Waals surface area contributed by atoms with E-state index in [1.807, 2.05) is 19.0 Å². The topological polar surface area (TPSA) is 87.5 Å². The van der Waals surface area contributed by atoms with Crippen molar-refractivity contribution in [2.45, 2.75) is 0 Å². The van der Waals surface area contributed by atoms with E-state index in [0.29, 0.717) is 29.2 Å². The van der Waals surface area contributed by atoms with Crippen LogP contribution >= 0.6 is 0 Å². The number of nitrogens with zero attached hydrogens (tertiary/aromatic N) is 1. The molecule has 6 heteroatoms. The molecule has 2 aromatic rings. The van der Waals surface area contributed by atoms with Gasteiger partial charge in [-0.25, -0.2) is 0 Å². The van der Waals surface area contributed by atoms with Crippen molar-refractivity contribution >= 4 is 28.9 Å². The van der Waals surface area contributed by atoms with Crippen LogP contribution < -0.4 is 16.4 Å². The summed E-state index contributed by atoms with van der Waals surface area (Å²) in [5.74, 6) is -0.451. The fourth-order valence-corrected chi connectivity index (χ4v) is 2.08. The van der Waals surface area contributed by atoms with Crippen molar-refractivity contribution in [1.29, 1.82) is 0 Å². The van der Waals surface area contributed by atoms with E-state index in [0.717, 1.165) is 0 Å². The number of amides is 2. The van der Waals surface area contributed by atoms with Gasteiger partial charge in [-0.1, -0.05) is 12.1 Å². The molecule has 0 radical (unpaired) electrons. The highest BCUT2D eigenvalue weighted by Gasteiger charge is 2.07. The van der Waals surface area contributed by atoms with Crippen LogP contribution in [0.15, 0.2) is 60.7 Å². The first-order valence-electron chi connectivity index (χ1n) is 7.83. The molecule has 0 fully saturated rings. The standard InChI is InChI=1S/C19H22N4O2/c1-23(2)12-4-7-18(24)21-16-10-8-14(9-11-16)19(25)22-17-6-3-5-15(20)13-17/h3-11,13H,12,20H2,1-2H3,(H,21,24)(H,22,25)/b7-4+. The Labute approximate surface area is 147 Å². The van der Waals surface area contributed by atoms with Gasteiger partial charge < -0.3 is 21.3 Å². The number of nitrogens with two attached hydrogens (primary N) is 1. The zero-order chi connectivity index (χ0) is 18.2. The molecular weight excluding hydrogens is 316 g/mol. The van der Waals surface area contributed by atoms with Gasteiger partial charge in [0.1, 0.15) is 0 Å². The number of likely N-dealkylation sites (N-methyl/N-ethyl adjacent to an activating group) is 1. The summed E-state index contributed by atoms with van der Waals surface area (Å²) in [5.41, 5.74) is 8.02. The number of anilines is 3. The smallest absolute Gasteiger partial charge is 0.255 e. The molecule has 0 bridgehead atoms. The van der Waals surface area contributed by atoms with Gasteiger partial charge in [0, 0.05) is 35.2 Å². The second-order valence-electron chi connectivity index (χ2n) is 5.81. The van der Waals surface area contributed by atoms with E-state index in [4.69, 9.17) is 5.73 Å². The van der Waals surface area contributed by atoms with Crippen LogP contribution in [0.25, 0.3) is 0 Å². The summed E-state index contributed by atoms with van der Waals surface area (Å²) in [5, 5.41) is 5.52. The fraction of sp³-hybridized carbons (Fsp3) is 0.158. The maximum Gasteiger partial charge on any atom is 0.255 e. The Kier molecular flexibility index (Phi) is 6.31. The molecular formula is C19H22N4O2. The van der Waals surface area contributed by atoms with Gasteiger partial charge in [0.25, 0.3) is 5.91 Å². The summed E-state index contributed by atoms with van der Waals surface area (Å²) < 4.78 is 0. The van der Waals surface area contributed by atoms with Gasteiger partial charge in [-0.2, -0.15) is 0 Å². The van der Waals surface area contributed by atoms with Crippen LogP contribution in [0.1, 0.15) is 10.4 Å². The summed E-state index contributed by atoms with van der Waals surface area (Å²) in [4.78, 5) is 25.9. The Morgan fingerprint density at radius 3 is 2.40 bits per heavy atom. The molecule has 0 spiro atoms. The molecule has 2 aromatic carbocycles. The van der Waals surface area contributed by atoms with E-state index in [9.17, 15) is 9.59 Å². The second kappa shape index (κ2) is 8.65. The van der Waals surface area contributed by atoms with Gasteiger partial charge in [-0.05, 0) is 56.6 Å². The summed E-state index contributed by atoms with van der Waals surface area (Å²) in [6.07, 6.45) is 3.27. The van der Waals surface area contributed by atoms with Gasteiger partial charge in [-0.15, -0.1) is 0 Å². The Morgan fingerprint density at radius 1 is 1.04 bits per heavy atom. The fourth-order valence-electron chi connectivity index (χ4n) is 2.08. The average Bonchev–Trinajstić information content (AvgIpc) is 2.55. The molecule has 0 aliphatic heterocycles. The molecule has 0 saturated heterocycles. The number of nitrogen functional groups attached to an aromatic ring is 1. The Hall–Kier alpha value is -3.12. The highest BCUT2D eigenvalue weighted by atomic mass is 16.2. The Balaban J connectivity index is 1.93. The summed E-state index contributed by atoms with van der Waals surface area (Å²) in [6, 6.07) is 13.7. The van der Waals surface area contributed by atoms with Gasteiger partial charge in [0.05, 0.1) is 0 Å². The lowest BCUT2D eigenvalue weighted by Crippen LogP contribution is -2.13. The lowest BCUT2D eigenvalue weighted by Gasteiger charge is -2.07. The largest absolute Gasteiger partial charge is 0.399 e. The quantitative estimate of drug-likeness (QED) is 0.558. The lowest BCUT2D eigenvalue weighted by atomic mass is 10.2.